The van der Waals surface area contributed by atoms with Gasteiger partial charge < -0.3 is 14.5 Å². The maximum Gasteiger partial charge on any atom is 0.257 e. The van der Waals surface area contributed by atoms with Crippen LogP contribution in [0.2, 0.25) is 0 Å². The Morgan fingerprint density at radius 3 is 2.45 bits per heavy atom. The molecule has 2 saturated heterocycles. The molecule has 5 nitrogen and oxygen atoms in total. The maximum absolute atomic E-state index is 13.9. The van der Waals surface area contributed by atoms with E-state index in [1.807, 2.05) is 34.1 Å². The monoisotopic (exact) mass is 424 g/mol. The summed E-state index contributed by atoms with van der Waals surface area (Å²) in [6.07, 6.45) is 4.03. The van der Waals surface area contributed by atoms with E-state index >= 15 is 0 Å². The standard InChI is InChI=1S/C25H29FN2O3/c26-22-11-3-1-9-20(22)16-24(29)28-15-7-8-19(17-28)18-31-23-12-4-2-10-21(23)25(30)27-13-5-6-14-27/h1-4,9-12,19H,5-8,13-18H2. The highest BCUT2D eigenvalue weighted by molar-refractivity contribution is 5.97. The van der Waals surface area contributed by atoms with Crippen molar-refractivity contribution >= 4 is 11.8 Å². The van der Waals surface area contributed by atoms with Crippen molar-refractivity contribution < 1.29 is 18.7 Å². The van der Waals surface area contributed by atoms with Crippen LogP contribution in [-0.2, 0) is 11.2 Å². The number of likely N-dealkylation sites (tertiary alicyclic amines) is 2. The molecule has 0 spiro atoms. The number of carbonyl (C=O) groups is 2. The zero-order chi connectivity index (χ0) is 21.6. The Morgan fingerprint density at radius 2 is 1.65 bits per heavy atom. The van der Waals surface area contributed by atoms with E-state index < -0.39 is 0 Å². The SMILES string of the molecule is O=C(Cc1ccccc1F)N1CCCC(COc2ccccc2C(=O)N2CCCC2)C1. The molecule has 0 radical (unpaired) electrons. The van der Waals surface area contributed by atoms with Crippen molar-refractivity contribution in [2.45, 2.75) is 32.1 Å². The third kappa shape index (κ3) is 5.24. The molecule has 0 bridgehead atoms. The normalized spacial score (nSPS) is 18.8. The minimum Gasteiger partial charge on any atom is -0.492 e. The average Bonchev–Trinajstić information content (AvgIpc) is 3.34. The molecule has 6 heteroatoms. The molecule has 0 aliphatic carbocycles. The predicted molar refractivity (Wildman–Crippen MR) is 116 cm³/mol. The molecule has 164 valence electrons. The lowest BCUT2D eigenvalue weighted by molar-refractivity contribution is -0.132. The fourth-order valence-corrected chi connectivity index (χ4v) is 4.41. The van der Waals surface area contributed by atoms with Gasteiger partial charge in [0.2, 0.25) is 5.91 Å². The molecule has 0 saturated carbocycles. The van der Waals surface area contributed by atoms with Crippen LogP contribution in [0.15, 0.2) is 48.5 Å². The molecule has 2 aromatic rings. The van der Waals surface area contributed by atoms with Gasteiger partial charge >= 0.3 is 0 Å². The third-order valence-corrected chi connectivity index (χ3v) is 6.16. The molecule has 0 aromatic heterocycles. The minimum atomic E-state index is -0.341. The summed E-state index contributed by atoms with van der Waals surface area (Å²) in [5.74, 6) is 0.423. The van der Waals surface area contributed by atoms with Crippen molar-refractivity contribution in [2.24, 2.45) is 5.92 Å². The lowest BCUT2D eigenvalue weighted by Crippen LogP contribution is -2.42. The highest BCUT2D eigenvalue weighted by atomic mass is 19.1. The van der Waals surface area contributed by atoms with E-state index in [1.165, 1.54) is 6.07 Å². The number of carbonyl (C=O) groups excluding carboxylic acids is 2. The van der Waals surface area contributed by atoms with Crippen molar-refractivity contribution in [1.29, 1.82) is 0 Å². The molecule has 4 rings (SSSR count). The van der Waals surface area contributed by atoms with Gasteiger partial charge in [-0.05, 0) is 49.4 Å². The van der Waals surface area contributed by atoms with Gasteiger partial charge in [0, 0.05) is 32.1 Å². The van der Waals surface area contributed by atoms with Crippen molar-refractivity contribution in [3.63, 3.8) is 0 Å². The summed E-state index contributed by atoms with van der Waals surface area (Å²) in [6.45, 7) is 3.33. The number of hydrogen-bond donors (Lipinski definition) is 0. The van der Waals surface area contributed by atoms with Gasteiger partial charge in [0.15, 0.2) is 0 Å². The number of nitrogens with zero attached hydrogens (tertiary/aromatic N) is 2. The van der Waals surface area contributed by atoms with Gasteiger partial charge in [0.1, 0.15) is 11.6 Å². The van der Waals surface area contributed by atoms with Crippen molar-refractivity contribution in [3.05, 3.63) is 65.5 Å². The van der Waals surface area contributed by atoms with Gasteiger partial charge in [-0.1, -0.05) is 30.3 Å². The second-order valence-corrected chi connectivity index (χ2v) is 8.42. The number of ether oxygens (including phenoxy) is 1. The van der Waals surface area contributed by atoms with Gasteiger partial charge in [-0.25, -0.2) is 4.39 Å². The molecule has 1 atom stereocenters. The van der Waals surface area contributed by atoms with Crippen LogP contribution >= 0.6 is 0 Å². The molecule has 31 heavy (non-hydrogen) atoms. The van der Waals surface area contributed by atoms with Crippen molar-refractivity contribution in [1.82, 2.24) is 9.80 Å². The van der Waals surface area contributed by atoms with Crippen LogP contribution in [0.5, 0.6) is 5.75 Å². The number of benzene rings is 2. The molecular weight excluding hydrogens is 395 g/mol. The maximum atomic E-state index is 13.9. The van der Waals surface area contributed by atoms with Crippen LogP contribution in [0, 0.1) is 11.7 Å². The topological polar surface area (TPSA) is 49.9 Å². The third-order valence-electron chi connectivity index (χ3n) is 6.16. The van der Waals surface area contributed by atoms with Crippen LogP contribution in [0.4, 0.5) is 4.39 Å². The molecule has 1 unspecified atom stereocenters. The molecule has 2 amide bonds. The number of para-hydroxylation sites is 1. The average molecular weight is 425 g/mol. The highest BCUT2D eigenvalue weighted by Gasteiger charge is 2.26. The summed E-state index contributed by atoms with van der Waals surface area (Å²) >= 11 is 0. The molecule has 0 N–H and O–H groups in total. The highest BCUT2D eigenvalue weighted by Crippen LogP contribution is 2.25. The summed E-state index contributed by atoms with van der Waals surface area (Å²) in [4.78, 5) is 29.2. The molecular formula is C25H29FN2O3. The van der Waals surface area contributed by atoms with Gasteiger partial charge in [0.05, 0.1) is 18.6 Å². The molecule has 2 aliphatic rings. The van der Waals surface area contributed by atoms with E-state index in [4.69, 9.17) is 4.74 Å². The molecule has 2 aliphatic heterocycles. The fourth-order valence-electron chi connectivity index (χ4n) is 4.41. The van der Waals surface area contributed by atoms with Crippen LogP contribution in [0.25, 0.3) is 0 Å². The minimum absolute atomic E-state index is 0.0263. The van der Waals surface area contributed by atoms with E-state index in [0.717, 1.165) is 38.8 Å². The van der Waals surface area contributed by atoms with Gasteiger partial charge in [-0.2, -0.15) is 0 Å². The second-order valence-electron chi connectivity index (χ2n) is 8.42. The second kappa shape index (κ2) is 9.94. The number of hydrogen-bond acceptors (Lipinski definition) is 3. The lowest BCUT2D eigenvalue weighted by Gasteiger charge is -2.33. The van der Waals surface area contributed by atoms with Crippen LogP contribution in [-0.4, -0.2) is 54.4 Å². The predicted octanol–water partition coefficient (Wildman–Crippen LogP) is 3.92. The Kier molecular flexibility index (Phi) is 6.85. The Bertz CT molecular complexity index is 926. The summed E-state index contributed by atoms with van der Waals surface area (Å²) in [6, 6.07) is 13.8. The Hall–Kier alpha value is -2.89. The Morgan fingerprint density at radius 1 is 0.935 bits per heavy atom. The Balaban J connectivity index is 1.35. The Labute approximate surface area is 182 Å². The first-order valence-corrected chi connectivity index (χ1v) is 11.1. The molecule has 2 fully saturated rings. The first kappa shape index (κ1) is 21.3. The summed E-state index contributed by atoms with van der Waals surface area (Å²) < 4.78 is 20.0. The van der Waals surface area contributed by atoms with Crippen LogP contribution in [0.3, 0.4) is 0 Å². The first-order chi connectivity index (χ1) is 15.1. The largest absolute Gasteiger partial charge is 0.492 e. The molecule has 2 heterocycles. The van der Waals surface area contributed by atoms with E-state index in [2.05, 4.69) is 0 Å². The quantitative estimate of drug-likeness (QED) is 0.706. The van der Waals surface area contributed by atoms with Crippen LogP contribution < -0.4 is 4.74 Å². The summed E-state index contributed by atoms with van der Waals surface area (Å²) in [5, 5.41) is 0. The van der Waals surface area contributed by atoms with E-state index in [0.29, 0.717) is 36.6 Å². The fraction of sp³-hybridized carbons (Fsp3) is 0.440. The number of rotatable bonds is 6. The smallest absolute Gasteiger partial charge is 0.257 e. The van der Waals surface area contributed by atoms with Crippen LogP contribution in [0.1, 0.15) is 41.6 Å². The molecule has 2 aromatic carbocycles. The van der Waals surface area contributed by atoms with Gasteiger partial charge in [-0.3, -0.25) is 9.59 Å². The van der Waals surface area contributed by atoms with E-state index in [-0.39, 0.29) is 30.0 Å². The zero-order valence-electron chi connectivity index (χ0n) is 17.8. The van der Waals surface area contributed by atoms with Gasteiger partial charge in [-0.15, -0.1) is 0 Å². The first-order valence-electron chi connectivity index (χ1n) is 11.1. The summed E-state index contributed by atoms with van der Waals surface area (Å²) in [7, 11) is 0. The lowest BCUT2D eigenvalue weighted by atomic mass is 9.98. The van der Waals surface area contributed by atoms with Crippen molar-refractivity contribution in [2.75, 3.05) is 32.8 Å². The van der Waals surface area contributed by atoms with Crippen molar-refractivity contribution in [3.8, 4) is 5.75 Å². The summed E-state index contributed by atoms with van der Waals surface area (Å²) in [5.41, 5.74) is 1.04. The number of amides is 2. The number of halogens is 1. The van der Waals surface area contributed by atoms with E-state index in [1.54, 1.807) is 18.2 Å². The van der Waals surface area contributed by atoms with Gasteiger partial charge in [0.25, 0.3) is 5.91 Å². The number of piperidine rings is 1. The zero-order valence-corrected chi connectivity index (χ0v) is 17.8. The van der Waals surface area contributed by atoms with E-state index in [9.17, 15) is 14.0 Å².